The van der Waals surface area contributed by atoms with Gasteiger partial charge in [0.1, 0.15) is 33.7 Å². The highest BCUT2D eigenvalue weighted by atomic mass is 35.5. The van der Waals surface area contributed by atoms with E-state index in [-0.39, 0.29) is 21.4 Å². The third-order valence-corrected chi connectivity index (χ3v) is 4.78. The fourth-order valence-corrected chi connectivity index (χ4v) is 3.54. The Morgan fingerprint density at radius 2 is 1.61 bits per heavy atom. The van der Waals surface area contributed by atoms with E-state index in [0.29, 0.717) is 21.2 Å². The molecule has 0 saturated heterocycles. The van der Waals surface area contributed by atoms with Gasteiger partial charge in [-0.3, -0.25) is 0 Å². The van der Waals surface area contributed by atoms with Crippen LogP contribution in [0.2, 0.25) is 10.2 Å². The van der Waals surface area contributed by atoms with Crippen LogP contribution in [-0.4, -0.2) is 4.98 Å². The highest BCUT2D eigenvalue weighted by Crippen LogP contribution is 2.37. The van der Waals surface area contributed by atoms with Gasteiger partial charge >= 0.3 is 0 Å². The normalized spacial score (nSPS) is 11.2. The van der Waals surface area contributed by atoms with Crippen LogP contribution in [-0.2, 0) is 0 Å². The lowest BCUT2D eigenvalue weighted by atomic mass is 9.99. The number of hydrogen-bond acceptors (Lipinski definition) is 2. The van der Waals surface area contributed by atoms with E-state index in [1.54, 1.807) is 0 Å². The smallest absolute Gasteiger partial charge is 0.256 e. The minimum absolute atomic E-state index is 0.00982. The lowest BCUT2D eigenvalue weighted by Gasteiger charge is -2.13. The highest BCUT2D eigenvalue weighted by molar-refractivity contribution is 6.34. The molecule has 0 fully saturated rings. The van der Waals surface area contributed by atoms with Crippen LogP contribution in [0.3, 0.4) is 0 Å². The van der Waals surface area contributed by atoms with Crippen LogP contribution in [0.1, 0.15) is 0 Å². The standard InChI is InChI=1S/C20H9Cl2F3N2O/c21-14-8-10(23)4-5-11(14)13-9-17(22)26-19-12(13)6-7-27(28)20(19)18-15(24)2-1-3-16(18)25/h1-9H. The van der Waals surface area contributed by atoms with E-state index in [1.807, 2.05) is 0 Å². The first-order chi connectivity index (χ1) is 13.4. The van der Waals surface area contributed by atoms with E-state index >= 15 is 0 Å². The SMILES string of the molecule is [O-][n+]1ccc2c(-c3ccc(F)cc3Cl)cc(Cl)nc2c1-c1c(F)cccc1F. The van der Waals surface area contributed by atoms with E-state index in [1.165, 1.54) is 30.3 Å². The summed E-state index contributed by atoms with van der Waals surface area (Å²) in [6, 6.07) is 9.99. The predicted molar refractivity (Wildman–Crippen MR) is 101 cm³/mol. The Kier molecular flexibility index (Phi) is 4.61. The van der Waals surface area contributed by atoms with Gasteiger partial charge in [0.15, 0.2) is 6.20 Å². The van der Waals surface area contributed by atoms with Crippen molar-refractivity contribution in [2.24, 2.45) is 0 Å². The van der Waals surface area contributed by atoms with E-state index < -0.39 is 23.0 Å². The molecule has 2 aromatic carbocycles. The van der Waals surface area contributed by atoms with Crippen LogP contribution >= 0.6 is 23.2 Å². The molecule has 0 spiro atoms. The second-order valence-electron chi connectivity index (χ2n) is 5.97. The van der Waals surface area contributed by atoms with Crippen molar-refractivity contribution < 1.29 is 17.9 Å². The summed E-state index contributed by atoms with van der Waals surface area (Å²) in [5.74, 6) is -2.36. The molecule has 8 heteroatoms. The van der Waals surface area contributed by atoms with Crippen LogP contribution in [0.4, 0.5) is 13.2 Å². The van der Waals surface area contributed by atoms with Crippen molar-refractivity contribution in [3.05, 3.63) is 87.6 Å². The highest BCUT2D eigenvalue weighted by Gasteiger charge is 2.25. The monoisotopic (exact) mass is 420 g/mol. The molecule has 0 unspecified atom stereocenters. The van der Waals surface area contributed by atoms with Gasteiger partial charge in [-0.25, -0.2) is 18.2 Å². The third kappa shape index (κ3) is 3.04. The second kappa shape index (κ2) is 6.96. The van der Waals surface area contributed by atoms with E-state index in [9.17, 15) is 18.4 Å². The maximum Gasteiger partial charge on any atom is 0.256 e. The van der Waals surface area contributed by atoms with E-state index in [4.69, 9.17) is 23.2 Å². The summed E-state index contributed by atoms with van der Waals surface area (Å²) in [7, 11) is 0. The fourth-order valence-electron chi connectivity index (χ4n) is 3.08. The molecule has 0 amide bonds. The molecule has 28 heavy (non-hydrogen) atoms. The first kappa shape index (κ1) is 18.5. The Balaban J connectivity index is 2.13. The Morgan fingerprint density at radius 3 is 2.29 bits per heavy atom. The van der Waals surface area contributed by atoms with Gasteiger partial charge in [-0.05, 0) is 42.0 Å². The summed E-state index contributed by atoms with van der Waals surface area (Å²) in [6.45, 7) is 0. The number of rotatable bonds is 2. The average Bonchev–Trinajstić information content (AvgIpc) is 2.62. The molecular formula is C20H9Cl2F3N2O. The molecule has 2 heterocycles. The van der Waals surface area contributed by atoms with Crippen molar-refractivity contribution in [3.63, 3.8) is 0 Å². The molecule has 0 aliphatic carbocycles. The molecule has 4 rings (SSSR count). The van der Waals surface area contributed by atoms with Crippen LogP contribution in [0.15, 0.2) is 54.7 Å². The van der Waals surface area contributed by atoms with Gasteiger partial charge < -0.3 is 5.21 Å². The Bertz CT molecular complexity index is 1230. The van der Waals surface area contributed by atoms with Crippen molar-refractivity contribution in [1.82, 2.24) is 4.98 Å². The predicted octanol–water partition coefficient (Wildman–Crippen LogP) is 5.93. The molecule has 0 N–H and O–H groups in total. The Hall–Kier alpha value is -2.83. The van der Waals surface area contributed by atoms with E-state index in [2.05, 4.69) is 4.98 Å². The number of aromatic nitrogens is 2. The van der Waals surface area contributed by atoms with Gasteiger partial charge in [0.05, 0.1) is 5.02 Å². The fraction of sp³-hybridized carbons (Fsp3) is 0. The first-order valence-electron chi connectivity index (χ1n) is 7.99. The summed E-state index contributed by atoms with van der Waals surface area (Å²) < 4.78 is 42.5. The van der Waals surface area contributed by atoms with Crippen molar-refractivity contribution >= 4 is 34.1 Å². The number of pyridine rings is 2. The number of benzene rings is 2. The maximum atomic E-state index is 14.4. The zero-order chi connectivity index (χ0) is 20.0. The molecule has 0 bridgehead atoms. The van der Waals surface area contributed by atoms with Crippen LogP contribution in [0.5, 0.6) is 0 Å². The summed E-state index contributed by atoms with van der Waals surface area (Å²) in [5.41, 5.74) is 0.0214. The third-order valence-electron chi connectivity index (χ3n) is 4.27. The van der Waals surface area contributed by atoms with Crippen LogP contribution in [0.25, 0.3) is 33.3 Å². The van der Waals surface area contributed by atoms with Gasteiger partial charge in [0.2, 0.25) is 0 Å². The molecule has 2 aromatic heterocycles. The van der Waals surface area contributed by atoms with Gasteiger partial charge in [0, 0.05) is 17.0 Å². The van der Waals surface area contributed by atoms with E-state index in [0.717, 1.165) is 24.4 Å². The van der Waals surface area contributed by atoms with Crippen molar-refractivity contribution in [3.8, 4) is 22.4 Å². The number of nitrogens with zero attached hydrogens (tertiary/aromatic N) is 2. The molecule has 140 valence electrons. The summed E-state index contributed by atoms with van der Waals surface area (Å²) >= 11 is 12.3. The van der Waals surface area contributed by atoms with Gasteiger partial charge in [-0.2, -0.15) is 4.73 Å². The molecule has 0 atom stereocenters. The maximum absolute atomic E-state index is 14.4. The topological polar surface area (TPSA) is 39.8 Å². The zero-order valence-corrected chi connectivity index (χ0v) is 15.4. The molecular weight excluding hydrogens is 412 g/mol. The van der Waals surface area contributed by atoms with Gasteiger partial charge in [0.25, 0.3) is 5.69 Å². The summed E-state index contributed by atoms with van der Waals surface area (Å²) in [6.07, 6.45) is 1.11. The zero-order valence-electron chi connectivity index (χ0n) is 13.9. The van der Waals surface area contributed by atoms with Gasteiger partial charge in [-0.1, -0.05) is 29.3 Å². The summed E-state index contributed by atoms with van der Waals surface area (Å²) in [5, 5.41) is 12.9. The van der Waals surface area contributed by atoms with Crippen molar-refractivity contribution in [2.75, 3.05) is 0 Å². The lowest BCUT2D eigenvalue weighted by Crippen LogP contribution is -2.29. The minimum Gasteiger partial charge on any atom is -0.618 e. The quantitative estimate of drug-likeness (QED) is 0.229. The first-order valence-corrected chi connectivity index (χ1v) is 8.74. The Labute approximate surface area is 167 Å². The number of hydrogen-bond donors (Lipinski definition) is 0. The lowest BCUT2D eigenvalue weighted by molar-refractivity contribution is -0.592. The molecule has 0 aliphatic heterocycles. The second-order valence-corrected chi connectivity index (χ2v) is 6.76. The number of halogens is 5. The minimum atomic E-state index is -0.916. The largest absolute Gasteiger partial charge is 0.618 e. The molecule has 3 nitrogen and oxygen atoms in total. The number of fused-ring (bicyclic) bond motifs is 1. The van der Waals surface area contributed by atoms with Crippen molar-refractivity contribution in [2.45, 2.75) is 0 Å². The average molecular weight is 421 g/mol. The Morgan fingerprint density at radius 1 is 0.893 bits per heavy atom. The molecule has 0 saturated carbocycles. The summed E-state index contributed by atoms with van der Waals surface area (Å²) in [4.78, 5) is 4.12. The van der Waals surface area contributed by atoms with Gasteiger partial charge in [-0.15, -0.1) is 0 Å². The van der Waals surface area contributed by atoms with Crippen LogP contribution < -0.4 is 4.73 Å². The molecule has 4 aromatic rings. The molecule has 0 radical (unpaired) electrons. The molecule has 0 aliphatic rings. The van der Waals surface area contributed by atoms with Crippen molar-refractivity contribution in [1.29, 1.82) is 0 Å². The van der Waals surface area contributed by atoms with Crippen LogP contribution in [0, 0.1) is 22.7 Å².